The lowest BCUT2D eigenvalue weighted by Crippen LogP contribution is -2.00. The third-order valence-electron chi connectivity index (χ3n) is 3.23. The molecule has 0 spiro atoms. The van der Waals surface area contributed by atoms with Crippen LogP contribution in [0.5, 0.6) is 0 Å². The Morgan fingerprint density at radius 1 is 1.20 bits per heavy atom. The Balaban J connectivity index is 1.85. The van der Waals surface area contributed by atoms with Gasteiger partial charge in [0.25, 0.3) is 0 Å². The summed E-state index contributed by atoms with van der Waals surface area (Å²) in [7, 11) is 0. The second-order valence-electron chi connectivity index (χ2n) is 4.65. The molecule has 0 unspecified atom stereocenters. The lowest BCUT2D eigenvalue weighted by molar-refractivity contribution is 0.627. The Bertz CT molecular complexity index is 766. The molecule has 1 nitrogen and oxygen atoms in total. The van der Waals surface area contributed by atoms with E-state index in [-0.39, 0.29) is 5.82 Å². The average Bonchev–Trinajstić information content (AvgIpc) is 2.75. The molecule has 0 aliphatic carbocycles. The minimum atomic E-state index is -0.215. The van der Waals surface area contributed by atoms with Crippen LogP contribution in [0.2, 0.25) is 5.02 Å². The number of anilines is 1. The first-order valence-electron chi connectivity index (χ1n) is 6.31. The van der Waals surface area contributed by atoms with Crippen molar-refractivity contribution in [3.8, 4) is 0 Å². The van der Waals surface area contributed by atoms with Crippen LogP contribution in [0.3, 0.4) is 0 Å². The fraction of sp³-hybridized carbons (Fsp3) is 0.125. The van der Waals surface area contributed by atoms with E-state index in [1.165, 1.54) is 16.8 Å². The molecule has 0 aliphatic heterocycles. The van der Waals surface area contributed by atoms with E-state index in [0.29, 0.717) is 6.54 Å². The van der Waals surface area contributed by atoms with Crippen molar-refractivity contribution in [1.82, 2.24) is 0 Å². The summed E-state index contributed by atoms with van der Waals surface area (Å²) in [5, 5.41) is 5.21. The van der Waals surface area contributed by atoms with Crippen LogP contribution in [0.15, 0.2) is 42.5 Å². The van der Waals surface area contributed by atoms with Crippen molar-refractivity contribution < 1.29 is 4.39 Å². The molecule has 0 saturated heterocycles. The smallest absolute Gasteiger partial charge is 0.123 e. The third kappa shape index (κ3) is 2.51. The van der Waals surface area contributed by atoms with Crippen LogP contribution in [0.25, 0.3) is 10.1 Å². The van der Waals surface area contributed by atoms with Crippen LogP contribution in [-0.2, 0) is 6.54 Å². The third-order valence-corrected chi connectivity index (χ3v) is 4.94. The van der Waals surface area contributed by atoms with Gasteiger partial charge in [-0.05, 0) is 36.8 Å². The van der Waals surface area contributed by atoms with E-state index in [0.717, 1.165) is 26.5 Å². The fourth-order valence-corrected chi connectivity index (χ4v) is 3.62. The first-order valence-corrected chi connectivity index (χ1v) is 7.50. The molecule has 2 aromatic carbocycles. The number of hydrogen-bond acceptors (Lipinski definition) is 2. The van der Waals surface area contributed by atoms with Gasteiger partial charge < -0.3 is 5.32 Å². The van der Waals surface area contributed by atoms with Crippen molar-refractivity contribution in [2.75, 3.05) is 5.32 Å². The zero-order chi connectivity index (χ0) is 14.1. The van der Waals surface area contributed by atoms with Gasteiger partial charge in [0.1, 0.15) is 5.82 Å². The van der Waals surface area contributed by atoms with E-state index in [1.54, 1.807) is 17.4 Å². The average molecular weight is 306 g/mol. The molecule has 0 atom stereocenters. The maximum Gasteiger partial charge on any atom is 0.123 e. The highest BCUT2D eigenvalue weighted by atomic mass is 35.5. The predicted octanol–water partition coefficient (Wildman–Crippen LogP) is 5.61. The Labute approximate surface area is 126 Å². The van der Waals surface area contributed by atoms with Gasteiger partial charge in [-0.2, -0.15) is 0 Å². The number of halogens is 2. The highest BCUT2D eigenvalue weighted by Crippen LogP contribution is 2.35. The summed E-state index contributed by atoms with van der Waals surface area (Å²) >= 11 is 8.08. The molecule has 20 heavy (non-hydrogen) atoms. The summed E-state index contributed by atoms with van der Waals surface area (Å²) in [4.78, 5) is 1.09. The standard InChI is InChI=1S/C16H13ClFNS/c1-10-8-11(18)6-7-13(10)19-9-15-16(17)12-4-2-3-5-14(12)20-15/h2-8,19H,9H2,1H3. The van der Waals surface area contributed by atoms with Crippen LogP contribution in [0.4, 0.5) is 10.1 Å². The topological polar surface area (TPSA) is 12.0 Å². The zero-order valence-corrected chi connectivity index (χ0v) is 12.5. The van der Waals surface area contributed by atoms with Gasteiger partial charge in [-0.15, -0.1) is 11.3 Å². The lowest BCUT2D eigenvalue weighted by Gasteiger charge is -2.08. The first-order chi connectivity index (χ1) is 9.65. The fourth-order valence-electron chi connectivity index (χ4n) is 2.18. The summed E-state index contributed by atoms with van der Waals surface area (Å²) < 4.78 is 14.3. The summed E-state index contributed by atoms with van der Waals surface area (Å²) in [6.45, 7) is 2.53. The van der Waals surface area contributed by atoms with Gasteiger partial charge in [-0.3, -0.25) is 0 Å². The number of fused-ring (bicyclic) bond motifs is 1. The Kier molecular flexibility index (Phi) is 3.64. The summed E-state index contributed by atoms with van der Waals surface area (Å²) in [5.41, 5.74) is 1.82. The van der Waals surface area contributed by atoms with Gasteiger partial charge >= 0.3 is 0 Å². The van der Waals surface area contributed by atoms with E-state index in [2.05, 4.69) is 11.4 Å². The van der Waals surface area contributed by atoms with E-state index >= 15 is 0 Å². The van der Waals surface area contributed by atoms with Crippen molar-refractivity contribution in [2.45, 2.75) is 13.5 Å². The second kappa shape index (κ2) is 5.43. The molecule has 3 rings (SSSR count). The van der Waals surface area contributed by atoms with E-state index in [9.17, 15) is 4.39 Å². The Hall–Kier alpha value is -1.58. The van der Waals surface area contributed by atoms with Crippen LogP contribution < -0.4 is 5.32 Å². The molecule has 0 bridgehead atoms. The summed E-state index contributed by atoms with van der Waals surface area (Å²) in [5.74, 6) is -0.215. The second-order valence-corrected chi connectivity index (χ2v) is 6.16. The van der Waals surface area contributed by atoms with Gasteiger partial charge in [-0.25, -0.2) is 4.39 Å². The molecule has 1 heterocycles. The van der Waals surface area contributed by atoms with Gasteiger partial charge in [0.05, 0.1) is 11.6 Å². The van der Waals surface area contributed by atoms with Crippen molar-refractivity contribution in [2.24, 2.45) is 0 Å². The van der Waals surface area contributed by atoms with Crippen molar-refractivity contribution >= 4 is 38.7 Å². The van der Waals surface area contributed by atoms with Crippen molar-refractivity contribution in [3.63, 3.8) is 0 Å². The number of aryl methyl sites for hydroxylation is 1. The molecule has 0 fully saturated rings. The summed E-state index contributed by atoms with van der Waals surface area (Å²) in [6, 6.07) is 12.8. The molecule has 4 heteroatoms. The molecular weight excluding hydrogens is 293 g/mol. The number of hydrogen-bond donors (Lipinski definition) is 1. The van der Waals surface area contributed by atoms with Crippen LogP contribution in [-0.4, -0.2) is 0 Å². The maximum atomic E-state index is 13.1. The minimum Gasteiger partial charge on any atom is -0.380 e. The SMILES string of the molecule is Cc1cc(F)ccc1NCc1sc2ccccc2c1Cl. The Morgan fingerprint density at radius 2 is 2.00 bits per heavy atom. The lowest BCUT2D eigenvalue weighted by atomic mass is 10.2. The molecule has 3 aromatic rings. The number of nitrogens with one attached hydrogen (secondary N) is 1. The maximum absolute atomic E-state index is 13.1. The van der Waals surface area contributed by atoms with Gasteiger partial charge in [0.15, 0.2) is 0 Å². The van der Waals surface area contributed by atoms with Gasteiger partial charge in [0, 0.05) is 20.7 Å². The number of benzene rings is 2. The normalized spacial score (nSPS) is 10.9. The highest BCUT2D eigenvalue weighted by molar-refractivity contribution is 7.19. The molecule has 0 saturated carbocycles. The monoisotopic (exact) mass is 305 g/mol. The molecule has 0 aliphatic rings. The molecule has 1 aromatic heterocycles. The van der Waals surface area contributed by atoms with Crippen LogP contribution in [0.1, 0.15) is 10.4 Å². The van der Waals surface area contributed by atoms with Gasteiger partial charge in [0.2, 0.25) is 0 Å². The van der Waals surface area contributed by atoms with E-state index in [4.69, 9.17) is 11.6 Å². The Morgan fingerprint density at radius 3 is 2.75 bits per heavy atom. The highest BCUT2D eigenvalue weighted by Gasteiger charge is 2.09. The first kappa shape index (κ1) is 13.4. The predicted molar refractivity (Wildman–Crippen MR) is 85.3 cm³/mol. The molecule has 0 radical (unpaired) electrons. The summed E-state index contributed by atoms with van der Waals surface area (Å²) in [6.07, 6.45) is 0. The molecule has 1 N–H and O–H groups in total. The van der Waals surface area contributed by atoms with E-state index < -0.39 is 0 Å². The molecule has 102 valence electrons. The minimum absolute atomic E-state index is 0.215. The largest absolute Gasteiger partial charge is 0.380 e. The van der Waals surface area contributed by atoms with Gasteiger partial charge in [-0.1, -0.05) is 29.8 Å². The van der Waals surface area contributed by atoms with Crippen molar-refractivity contribution in [1.29, 1.82) is 0 Å². The number of rotatable bonds is 3. The van der Waals surface area contributed by atoms with Crippen LogP contribution in [0, 0.1) is 12.7 Å². The van der Waals surface area contributed by atoms with Crippen LogP contribution >= 0.6 is 22.9 Å². The van der Waals surface area contributed by atoms with Crippen molar-refractivity contribution in [3.05, 3.63) is 63.7 Å². The quantitative estimate of drug-likeness (QED) is 0.662. The zero-order valence-electron chi connectivity index (χ0n) is 10.9. The molecule has 0 amide bonds. The molecular formula is C16H13ClFNS. The van der Waals surface area contributed by atoms with E-state index in [1.807, 2.05) is 25.1 Å². The number of thiophene rings is 1.